The van der Waals surface area contributed by atoms with Gasteiger partial charge in [-0.1, -0.05) is 72.8 Å². The highest BCUT2D eigenvalue weighted by Crippen LogP contribution is 2.26. The summed E-state index contributed by atoms with van der Waals surface area (Å²) < 4.78 is 4.98. The number of carboxylic acids is 2. The highest BCUT2D eigenvalue weighted by atomic mass is 16.6. The average Bonchev–Trinajstić information content (AvgIpc) is 2.88. The normalized spacial score (nSPS) is 10.4. The molecule has 0 aromatic heterocycles. The minimum atomic E-state index is -1.37. The average molecular weight is 466 g/mol. The summed E-state index contributed by atoms with van der Waals surface area (Å²) in [4.78, 5) is 49.2. The molecule has 0 saturated heterocycles. The third-order valence-electron chi connectivity index (χ3n) is 5.34. The number of aromatic carboxylic acids is 2. The van der Waals surface area contributed by atoms with Gasteiger partial charge in [0.1, 0.15) is 0 Å². The van der Waals surface area contributed by atoms with Gasteiger partial charge in [0.15, 0.2) is 0 Å². The molecule has 4 aromatic carbocycles. The van der Waals surface area contributed by atoms with Gasteiger partial charge in [-0.05, 0) is 46.5 Å². The van der Waals surface area contributed by atoms with E-state index in [0.717, 1.165) is 11.1 Å². The van der Waals surface area contributed by atoms with Crippen LogP contribution in [0.5, 0.6) is 0 Å². The molecule has 35 heavy (non-hydrogen) atoms. The molecule has 0 bridgehead atoms. The zero-order chi connectivity index (χ0) is 24.9. The van der Waals surface area contributed by atoms with Crippen LogP contribution in [0.1, 0.15) is 41.4 Å². The van der Waals surface area contributed by atoms with Crippen molar-refractivity contribution in [3.05, 3.63) is 119 Å². The molecule has 4 aromatic rings. The van der Waals surface area contributed by atoms with Gasteiger partial charge >= 0.3 is 23.9 Å². The lowest BCUT2D eigenvalue weighted by molar-refractivity contribution is 0.0386. The second-order valence-corrected chi connectivity index (χ2v) is 7.54. The van der Waals surface area contributed by atoms with Crippen LogP contribution in [0.4, 0.5) is 0 Å². The van der Waals surface area contributed by atoms with Crippen molar-refractivity contribution in [1.29, 1.82) is 0 Å². The Hall–Kier alpha value is -5.04. The fraction of sp³-hybridized carbons (Fsp3) is 0. The van der Waals surface area contributed by atoms with Crippen molar-refractivity contribution in [2.24, 2.45) is 0 Å². The van der Waals surface area contributed by atoms with E-state index in [2.05, 4.69) is 0 Å². The van der Waals surface area contributed by atoms with Crippen LogP contribution in [0.2, 0.25) is 0 Å². The van der Waals surface area contributed by atoms with Crippen LogP contribution in [-0.2, 0) is 4.74 Å². The summed E-state index contributed by atoms with van der Waals surface area (Å²) in [5.41, 5.74) is 1.20. The van der Waals surface area contributed by atoms with E-state index in [1.54, 1.807) is 60.7 Å². The number of carbonyl (C=O) groups is 4. The first-order valence-electron chi connectivity index (χ1n) is 10.5. The molecular formula is C28H18O7. The number of benzene rings is 4. The van der Waals surface area contributed by atoms with Crippen molar-refractivity contribution in [2.75, 3.05) is 0 Å². The van der Waals surface area contributed by atoms with Gasteiger partial charge in [0.25, 0.3) is 0 Å². The summed E-state index contributed by atoms with van der Waals surface area (Å²) >= 11 is 0. The van der Waals surface area contributed by atoms with Gasteiger partial charge in [0.05, 0.1) is 22.3 Å². The molecule has 0 aliphatic carbocycles. The predicted molar refractivity (Wildman–Crippen MR) is 127 cm³/mol. The van der Waals surface area contributed by atoms with Crippen molar-refractivity contribution in [2.45, 2.75) is 0 Å². The lowest BCUT2D eigenvalue weighted by Crippen LogP contribution is -2.18. The van der Waals surface area contributed by atoms with Crippen LogP contribution < -0.4 is 0 Å². The Bertz CT molecular complexity index is 1330. The quantitative estimate of drug-likeness (QED) is 0.288. The van der Waals surface area contributed by atoms with E-state index < -0.39 is 23.9 Å². The Kier molecular flexibility index (Phi) is 6.50. The first-order chi connectivity index (χ1) is 16.8. The van der Waals surface area contributed by atoms with Gasteiger partial charge in [-0.25, -0.2) is 19.2 Å². The summed E-state index contributed by atoms with van der Waals surface area (Å²) in [6.07, 6.45) is 0. The van der Waals surface area contributed by atoms with Crippen molar-refractivity contribution in [3.63, 3.8) is 0 Å². The van der Waals surface area contributed by atoms with Gasteiger partial charge in [-0.2, -0.15) is 0 Å². The second-order valence-electron chi connectivity index (χ2n) is 7.54. The van der Waals surface area contributed by atoms with Gasteiger partial charge in [-0.15, -0.1) is 0 Å². The minimum absolute atomic E-state index is 0.330. The summed E-state index contributed by atoms with van der Waals surface area (Å²) in [5, 5.41) is 19.1. The van der Waals surface area contributed by atoms with E-state index in [1.807, 2.05) is 12.1 Å². The smallest absolute Gasteiger partial charge is 0.346 e. The lowest BCUT2D eigenvalue weighted by Gasteiger charge is -2.11. The molecule has 0 amide bonds. The number of hydrogen-bond donors (Lipinski definition) is 2. The third-order valence-corrected chi connectivity index (χ3v) is 5.34. The highest BCUT2D eigenvalue weighted by molar-refractivity contribution is 6.11. The second kappa shape index (κ2) is 9.84. The van der Waals surface area contributed by atoms with Crippen LogP contribution in [-0.4, -0.2) is 34.1 Å². The number of ether oxygens (including phenoxy) is 1. The maximum Gasteiger partial charge on any atom is 0.346 e. The number of carbonyl (C=O) groups excluding carboxylic acids is 2. The Balaban J connectivity index is 1.71. The summed E-state index contributed by atoms with van der Waals surface area (Å²) in [6.45, 7) is 0. The molecule has 0 saturated carbocycles. The summed E-state index contributed by atoms with van der Waals surface area (Å²) in [5.74, 6) is -5.15. The van der Waals surface area contributed by atoms with E-state index in [-0.39, 0.29) is 22.3 Å². The standard InChI is InChI=1S/C28H18O7/c29-25(30)21-13-11-19(17-7-3-1-4-8-17)15-23(21)27(33)35-28(34)24-16-20(12-14-22(24)26(31)32)18-9-5-2-6-10-18/h1-16H,(H,29,30)(H,31,32). The van der Waals surface area contributed by atoms with E-state index >= 15 is 0 Å². The summed E-state index contributed by atoms with van der Waals surface area (Å²) in [6, 6.07) is 26.2. The number of esters is 2. The highest BCUT2D eigenvalue weighted by Gasteiger charge is 2.25. The maximum absolute atomic E-state index is 12.9. The number of carboxylic acid groups (broad SMARTS) is 2. The first-order valence-corrected chi connectivity index (χ1v) is 10.5. The van der Waals surface area contributed by atoms with Crippen LogP contribution in [0, 0.1) is 0 Å². The molecule has 0 aliphatic rings. The Morgan fingerprint density at radius 3 is 1.17 bits per heavy atom. The molecule has 0 radical (unpaired) electrons. The lowest BCUT2D eigenvalue weighted by atomic mass is 9.98. The van der Waals surface area contributed by atoms with E-state index in [0.29, 0.717) is 11.1 Å². The molecular weight excluding hydrogens is 448 g/mol. The van der Waals surface area contributed by atoms with E-state index in [1.165, 1.54) is 24.3 Å². The van der Waals surface area contributed by atoms with Crippen LogP contribution >= 0.6 is 0 Å². The zero-order valence-corrected chi connectivity index (χ0v) is 18.2. The molecule has 0 atom stereocenters. The fourth-order valence-electron chi connectivity index (χ4n) is 3.61. The van der Waals surface area contributed by atoms with Crippen molar-refractivity contribution in [1.82, 2.24) is 0 Å². The van der Waals surface area contributed by atoms with Gasteiger partial charge in [0.2, 0.25) is 0 Å². The maximum atomic E-state index is 12.9. The monoisotopic (exact) mass is 466 g/mol. The van der Waals surface area contributed by atoms with Gasteiger partial charge in [-0.3, -0.25) is 0 Å². The predicted octanol–water partition coefficient (Wildman–Crippen LogP) is 5.41. The van der Waals surface area contributed by atoms with Crippen molar-refractivity contribution < 1.29 is 34.1 Å². The van der Waals surface area contributed by atoms with Gasteiger partial charge in [0, 0.05) is 0 Å². The summed E-state index contributed by atoms with van der Waals surface area (Å²) in [7, 11) is 0. The van der Waals surface area contributed by atoms with E-state index in [4.69, 9.17) is 4.74 Å². The molecule has 0 aliphatic heterocycles. The first kappa shape index (κ1) is 23.1. The Morgan fingerprint density at radius 2 is 0.829 bits per heavy atom. The molecule has 2 N–H and O–H groups in total. The van der Waals surface area contributed by atoms with Crippen molar-refractivity contribution >= 4 is 23.9 Å². The molecule has 7 heteroatoms. The van der Waals surface area contributed by atoms with Crippen LogP contribution in [0.25, 0.3) is 22.3 Å². The topological polar surface area (TPSA) is 118 Å². The minimum Gasteiger partial charge on any atom is -0.478 e. The third kappa shape index (κ3) is 4.99. The molecule has 0 unspecified atom stereocenters. The molecule has 0 heterocycles. The zero-order valence-electron chi connectivity index (χ0n) is 18.2. The largest absolute Gasteiger partial charge is 0.478 e. The Morgan fingerprint density at radius 1 is 0.457 bits per heavy atom. The van der Waals surface area contributed by atoms with Crippen LogP contribution in [0.3, 0.4) is 0 Å². The SMILES string of the molecule is O=C(O)c1ccc(-c2ccccc2)cc1C(=O)OC(=O)c1cc(-c2ccccc2)ccc1C(=O)O. The molecule has 7 nitrogen and oxygen atoms in total. The molecule has 4 rings (SSSR count). The Labute approximate surface area is 199 Å². The van der Waals surface area contributed by atoms with Crippen molar-refractivity contribution in [3.8, 4) is 22.3 Å². The molecule has 0 spiro atoms. The number of hydrogen-bond acceptors (Lipinski definition) is 5. The fourth-order valence-corrected chi connectivity index (χ4v) is 3.61. The number of rotatable bonds is 6. The molecule has 0 fully saturated rings. The molecule has 172 valence electrons. The van der Waals surface area contributed by atoms with Crippen LogP contribution in [0.15, 0.2) is 97.1 Å². The van der Waals surface area contributed by atoms with Gasteiger partial charge < -0.3 is 14.9 Å². The van der Waals surface area contributed by atoms with E-state index in [9.17, 15) is 29.4 Å².